The van der Waals surface area contributed by atoms with Crippen molar-refractivity contribution in [2.45, 2.75) is 96.5 Å². The summed E-state index contributed by atoms with van der Waals surface area (Å²) in [7, 11) is 6.43. The summed E-state index contributed by atoms with van der Waals surface area (Å²) in [6.07, 6.45) is 17.5. The second-order valence-electron chi connectivity index (χ2n) is 7.80. The smallest absolute Gasteiger partial charge is 0.104 e. The van der Waals surface area contributed by atoms with Crippen molar-refractivity contribution in [1.82, 2.24) is 0 Å². The zero-order valence-electron chi connectivity index (χ0n) is 15.7. The Kier molecular flexibility index (Phi) is 17.9. The predicted octanol–water partition coefficient (Wildman–Crippen LogP) is 2.15. The van der Waals surface area contributed by atoms with Gasteiger partial charge in [-0.25, -0.2) is 0 Å². The Balaban J connectivity index is 0. The Morgan fingerprint density at radius 1 is 0.682 bits per heavy atom. The van der Waals surface area contributed by atoms with Gasteiger partial charge in [-0.2, -0.15) is 0 Å². The minimum absolute atomic E-state index is 0. The third-order valence-corrected chi connectivity index (χ3v) is 4.15. The Morgan fingerprint density at radius 3 is 1.41 bits per heavy atom. The van der Waals surface area contributed by atoms with Crippen LogP contribution in [0.15, 0.2) is 0 Å². The van der Waals surface area contributed by atoms with E-state index in [1.54, 1.807) is 0 Å². The molecule has 2 nitrogen and oxygen atoms in total. The molecule has 0 aromatic rings. The normalized spacial score (nSPS) is 13.0. The van der Waals surface area contributed by atoms with Crippen molar-refractivity contribution in [1.29, 1.82) is 0 Å². The Morgan fingerprint density at radius 2 is 1.05 bits per heavy atom. The molecule has 0 aliphatic heterocycles. The zero-order chi connectivity index (χ0) is 16.0. The third kappa shape index (κ3) is 20.2. The van der Waals surface area contributed by atoms with Crippen LogP contribution in [0.5, 0.6) is 0 Å². The lowest BCUT2D eigenvalue weighted by Gasteiger charge is -2.26. The van der Waals surface area contributed by atoms with Crippen molar-refractivity contribution in [3.8, 4) is 0 Å². The summed E-state index contributed by atoms with van der Waals surface area (Å²) in [4.78, 5) is 0. The Bertz CT molecular complexity index is 216. The van der Waals surface area contributed by atoms with E-state index in [1.165, 1.54) is 77.0 Å². The van der Waals surface area contributed by atoms with Crippen LogP contribution in [-0.4, -0.2) is 43.4 Å². The molecule has 0 aliphatic rings. The fraction of sp³-hybridized carbons (Fsp3) is 1.00. The fourth-order valence-electron chi connectivity index (χ4n) is 2.94. The van der Waals surface area contributed by atoms with Gasteiger partial charge in [0.25, 0.3) is 0 Å². The number of aliphatic hydroxyl groups is 1. The van der Waals surface area contributed by atoms with Gasteiger partial charge in [-0.3, -0.25) is 0 Å². The van der Waals surface area contributed by atoms with Gasteiger partial charge in [0.15, 0.2) is 0 Å². The number of hydrogen-bond donors (Lipinski definition) is 1. The van der Waals surface area contributed by atoms with E-state index in [2.05, 4.69) is 28.1 Å². The van der Waals surface area contributed by atoms with E-state index in [4.69, 9.17) is 0 Å². The van der Waals surface area contributed by atoms with Gasteiger partial charge >= 0.3 is 0 Å². The van der Waals surface area contributed by atoms with Crippen molar-refractivity contribution < 1.29 is 22.0 Å². The predicted molar refractivity (Wildman–Crippen MR) is 94.6 cm³/mol. The molecule has 0 rings (SSSR count). The van der Waals surface area contributed by atoms with E-state index in [1.807, 2.05) is 0 Å². The number of rotatable bonds is 15. The second-order valence-corrected chi connectivity index (χ2v) is 7.80. The molecule has 1 unspecified atom stereocenters. The summed E-state index contributed by atoms with van der Waals surface area (Å²) < 4.78 is 0.861. The molecule has 1 atom stereocenters. The second kappa shape index (κ2) is 16.1. The summed E-state index contributed by atoms with van der Waals surface area (Å²) in [6.45, 7) is 3.15. The van der Waals surface area contributed by atoms with Gasteiger partial charge in [0.05, 0.1) is 21.1 Å². The molecule has 0 aliphatic carbocycles. The number of halogens is 1. The summed E-state index contributed by atoms with van der Waals surface area (Å²) in [5.74, 6) is 0. The van der Waals surface area contributed by atoms with E-state index >= 15 is 0 Å². The summed E-state index contributed by atoms with van der Waals surface area (Å²) in [6, 6.07) is 0. The van der Waals surface area contributed by atoms with Crippen LogP contribution in [0.4, 0.5) is 0 Å². The highest BCUT2D eigenvalue weighted by Gasteiger charge is 2.14. The monoisotopic (exact) mass is 335 g/mol. The lowest BCUT2D eigenvalue weighted by atomic mass is 10.0. The molecule has 0 fully saturated rings. The molecule has 0 saturated heterocycles. The molecule has 0 spiro atoms. The Hall–Kier alpha value is 0.210. The average molecular weight is 336 g/mol. The van der Waals surface area contributed by atoms with Gasteiger partial charge in [-0.15, -0.1) is 0 Å². The fourth-order valence-corrected chi connectivity index (χ4v) is 2.94. The number of unbranched alkanes of at least 4 members (excludes halogenated alkanes) is 11. The van der Waals surface area contributed by atoms with Gasteiger partial charge in [0, 0.05) is 0 Å². The first-order valence-corrected chi connectivity index (χ1v) is 9.44. The maximum atomic E-state index is 9.93. The molecule has 3 heteroatoms. The van der Waals surface area contributed by atoms with Crippen LogP contribution in [0, 0.1) is 0 Å². The highest BCUT2D eigenvalue weighted by molar-refractivity contribution is 4.55. The quantitative estimate of drug-likeness (QED) is 0.359. The Labute approximate surface area is 146 Å². The van der Waals surface area contributed by atoms with Crippen LogP contribution < -0.4 is 12.4 Å². The first-order valence-electron chi connectivity index (χ1n) is 9.44. The molecular formula is C19H42ClNO. The molecule has 0 radical (unpaired) electrons. The van der Waals surface area contributed by atoms with Crippen molar-refractivity contribution in [3.05, 3.63) is 0 Å². The summed E-state index contributed by atoms with van der Waals surface area (Å²) in [5.41, 5.74) is 0. The zero-order valence-corrected chi connectivity index (χ0v) is 16.5. The first kappa shape index (κ1) is 24.5. The lowest BCUT2D eigenvalue weighted by molar-refractivity contribution is -0.873. The van der Waals surface area contributed by atoms with Crippen molar-refractivity contribution in [3.63, 3.8) is 0 Å². The maximum Gasteiger partial charge on any atom is 0.104 e. The number of quaternary nitrogens is 1. The van der Waals surface area contributed by atoms with Crippen molar-refractivity contribution in [2.75, 3.05) is 27.7 Å². The first-order chi connectivity index (χ1) is 9.95. The van der Waals surface area contributed by atoms with Crippen LogP contribution in [0.2, 0.25) is 0 Å². The van der Waals surface area contributed by atoms with E-state index in [9.17, 15) is 5.11 Å². The van der Waals surface area contributed by atoms with Crippen LogP contribution in [0.3, 0.4) is 0 Å². The van der Waals surface area contributed by atoms with Crippen LogP contribution in [0.1, 0.15) is 90.4 Å². The molecule has 0 amide bonds. The highest BCUT2D eigenvalue weighted by Crippen LogP contribution is 2.13. The van der Waals surface area contributed by atoms with Crippen molar-refractivity contribution >= 4 is 0 Å². The molecule has 0 aromatic heterocycles. The van der Waals surface area contributed by atoms with E-state index < -0.39 is 0 Å². The van der Waals surface area contributed by atoms with Gasteiger partial charge in [0.2, 0.25) is 0 Å². The minimum atomic E-state index is -0.117. The van der Waals surface area contributed by atoms with Crippen LogP contribution >= 0.6 is 0 Å². The summed E-state index contributed by atoms with van der Waals surface area (Å²) >= 11 is 0. The molecule has 0 heterocycles. The molecule has 22 heavy (non-hydrogen) atoms. The van der Waals surface area contributed by atoms with E-state index in [0.717, 1.165) is 17.4 Å². The molecule has 0 saturated carbocycles. The molecule has 0 bridgehead atoms. The van der Waals surface area contributed by atoms with Crippen LogP contribution in [0.25, 0.3) is 0 Å². The average Bonchev–Trinajstić information content (AvgIpc) is 2.38. The summed E-state index contributed by atoms with van der Waals surface area (Å²) in [5, 5.41) is 9.93. The largest absolute Gasteiger partial charge is 1.00 e. The maximum absolute atomic E-state index is 9.93. The van der Waals surface area contributed by atoms with E-state index in [-0.39, 0.29) is 18.5 Å². The highest BCUT2D eigenvalue weighted by atomic mass is 35.5. The van der Waals surface area contributed by atoms with Gasteiger partial charge in [0.1, 0.15) is 12.6 Å². The molecule has 136 valence electrons. The van der Waals surface area contributed by atoms with Gasteiger partial charge < -0.3 is 22.0 Å². The molecule has 0 aromatic carbocycles. The van der Waals surface area contributed by atoms with Crippen molar-refractivity contribution in [2.24, 2.45) is 0 Å². The number of hydrogen-bond acceptors (Lipinski definition) is 1. The topological polar surface area (TPSA) is 20.2 Å². The lowest BCUT2D eigenvalue weighted by Crippen LogP contribution is -3.00. The standard InChI is InChI=1S/C19H42NO.ClH/c1-5-6-7-8-9-10-11-12-13-14-15-16-17-19(21)18-20(2,3)4;/h19,21H,5-18H2,1-4H3;1H/q+1;/p-1. The number of aliphatic hydroxyl groups excluding tert-OH is 1. The molecular weight excluding hydrogens is 294 g/mol. The number of nitrogens with zero attached hydrogens (tertiary/aromatic N) is 1. The van der Waals surface area contributed by atoms with Gasteiger partial charge in [-0.05, 0) is 6.42 Å². The van der Waals surface area contributed by atoms with E-state index in [0.29, 0.717) is 0 Å². The van der Waals surface area contributed by atoms with Crippen LogP contribution in [-0.2, 0) is 0 Å². The minimum Gasteiger partial charge on any atom is -1.00 e. The SMILES string of the molecule is CCCCCCCCCCCCCCC(O)C[N+](C)(C)C.[Cl-]. The third-order valence-electron chi connectivity index (χ3n) is 4.15. The van der Waals surface area contributed by atoms with Gasteiger partial charge in [-0.1, -0.05) is 84.0 Å². The molecule has 1 N–H and O–H groups in total. The number of likely N-dealkylation sites (N-methyl/N-ethyl adjacent to an activating group) is 1.